The van der Waals surface area contributed by atoms with Crippen LogP contribution in [0.5, 0.6) is 0 Å². The summed E-state index contributed by atoms with van der Waals surface area (Å²) in [5, 5.41) is 12.9. The predicted molar refractivity (Wildman–Crippen MR) is 74.7 cm³/mol. The summed E-state index contributed by atoms with van der Waals surface area (Å²) in [5.41, 5.74) is 1.36. The summed E-state index contributed by atoms with van der Waals surface area (Å²) in [7, 11) is 1.79. The van der Waals surface area contributed by atoms with Gasteiger partial charge in [-0.2, -0.15) is 5.10 Å². The zero-order valence-corrected chi connectivity index (χ0v) is 11.4. The van der Waals surface area contributed by atoms with Crippen LogP contribution in [0.2, 0.25) is 0 Å². The second-order valence-corrected chi connectivity index (χ2v) is 5.32. The lowest BCUT2D eigenvalue weighted by atomic mass is 9.93. The van der Waals surface area contributed by atoms with E-state index in [9.17, 15) is 4.39 Å². The van der Waals surface area contributed by atoms with Gasteiger partial charge >= 0.3 is 0 Å². The van der Waals surface area contributed by atoms with Crippen LogP contribution in [0.3, 0.4) is 0 Å². The lowest BCUT2D eigenvalue weighted by Gasteiger charge is -2.56. The zero-order chi connectivity index (χ0) is 13.9. The summed E-state index contributed by atoms with van der Waals surface area (Å²) in [5.74, 6) is 0.467. The van der Waals surface area contributed by atoms with Gasteiger partial charge in [-0.3, -0.25) is 0 Å². The van der Waals surface area contributed by atoms with Crippen molar-refractivity contribution in [3.8, 4) is 0 Å². The van der Waals surface area contributed by atoms with Crippen molar-refractivity contribution in [2.24, 2.45) is 0 Å². The lowest BCUT2D eigenvalue weighted by molar-refractivity contribution is -0.113. The average Bonchev–Trinajstić information content (AvgIpc) is 2.43. The highest BCUT2D eigenvalue weighted by molar-refractivity contribution is 5.95. The highest BCUT2D eigenvalue weighted by Crippen LogP contribution is 2.38. The molecule has 4 rings (SSSR count). The van der Waals surface area contributed by atoms with Gasteiger partial charge in [-0.05, 0) is 19.1 Å². The smallest absolute Gasteiger partial charge is 0.156 e. The van der Waals surface area contributed by atoms with E-state index in [1.54, 1.807) is 13.1 Å². The molecular weight excluding hydrogens is 259 g/mol. The second-order valence-electron chi connectivity index (χ2n) is 5.32. The first kappa shape index (κ1) is 11.8. The van der Waals surface area contributed by atoms with Crippen molar-refractivity contribution in [1.82, 2.24) is 10.2 Å². The van der Waals surface area contributed by atoms with Crippen LogP contribution in [-0.2, 0) is 4.74 Å². The number of benzene rings is 1. The molecule has 0 bridgehead atoms. The van der Waals surface area contributed by atoms with E-state index in [0.717, 1.165) is 23.0 Å². The van der Waals surface area contributed by atoms with Crippen LogP contribution >= 0.6 is 0 Å². The molecule has 2 aromatic rings. The Labute approximate surface area is 115 Å². The van der Waals surface area contributed by atoms with Crippen molar-refractivity contribution in [2.45, 2.75) is 19.1 Å². The zero-order valence-electron chi connectivity index (χ0n) is 11.4. The SMILES string of the molecule is CNc1nnc(C)c2cc(F)c(N3CC4OCC43)cc12. The van der Waals surface area contributed by atoms with Gasteiger partial charge in [0.05, 0.1) is 30.1 Å². The molecule has 2 atom stereocenters. The van der Waals surface area contributed by atoms with Gasteiger partial charge in [0.25, 0.3) is 0 Å². The van der Waals surface area contributed by atoms with Gasteiger partial charge < -0.3 is 15.0 Å². The molecule has 1 aromatic heterocycles. The Balaban J connectivity index is 1.87. The largest absolute Gasteiger partial charge is 0.372 e. The van der Waals surface area contributed by atoms with Crippen molar-refractivity contribution in [3.05, 3.63) is 23.6 Å². The maximum Gasteiger partial charge on any atom is 0.156 e. The molecule has 2 aliphatic heterocycles. The third-order valence-corrected chi connectivity index (χ3v) is 4.27. The molecule has 2 aliphatic rings. The van der Waals surface area contributed by atoms with Crippen LogP contribution in [0.25, 0.3) is 10.8 Å². The molecule has 0 amide bonds. The van der Waals surface area contributed by atoms with E-state index in [-0.39, 0.29) is 11.9 Å². The number of nitrogens with zero attached hydrogens (tertiary/aromatic N) is 3. The van der Waals surface area contributed by atoms with E-state index in [4.69, 9.17) is 4.74 Å². The van der Waals surface area contributed by atoms with Crippen LogP contribution in [0.15, 0.2) is 12.1 Å². The third-order valence-electron chi connectivity index (χ3n) is 4.27. The van der Waals surface area contributed by atoms with Crippen LogP contribution in [-0.4, -0.2) is 42.5 Å². The van der Waals surface area contributed by atoms with Gasteiger partial charge in [0, 0.05) is 24.4 Å². The molecule has 0 spiro atoms. The summed E-state index contributed by atoms with van der Waals surface area (Å²) in [4.78, 5) is 2.07. The molecule has 0 saturated carbocycles. The molecule has 104 valence electrons. The molecule has 3 heterocycles. The van der Waals surface area contributed by atoms with Gasteiger partial charge in [-0.15, -0.1) is 5.10 Å². The molecule has 0 radical (unpaired) electrons. The van der Waals surface area contributed by atoms with Crippen molar-refractivity contribution in [3.63, 3.8) is 0 Å². The quantitative estimate of drug-likeness (QED) is 0.903. The van der Waals surface area contributed by atoms with Crippen LogP contribution in [0.4, 0.5) is 15.9 Å². The molecule has 5 nitrogen and oxygen atoms in total. The predicted octanol–water partition coefficient (Wildman–Crippen LogP) is 1.71. The Kier molecular flexibility index (Phi) is 2.38. The van der Waals surface area contributed by atoms with Crippen molar-refractivity contribution < 1.29 is 9.13 Å². The third kappa shape index (κ3) is 1.45. The molecule has 1 aromatic carbocycles. The number of hydrogen-bond acceptors (Lipinski definition) is 5. The van der Waals surface area contributed by atoms with Gasteiger partial charge in [-0.1, -0.05) is 0 Å². The summed E-state index contributed by atoms with van der Waals surface area (Å²) in [6, 6.07) is 3.76. The number of morpholine rings is 1. The highest BCUT2D eigenvalue weighted by atomic mass is 19.1. The van der Waals surface area contributed by atoms with E-state index < -0.39 is 0 Å². The lowest BCUT2D eigenvalue weighted by Crippen LogP contribution is -2.71. The van der Waals surface area contributed by atoms with Crippen molar-refractivity contribution in [2.75, 3.05) is 30.4 Å². The Morgan fingerprint density at radius 2 is 2.20 bits per heavy atom. The minimum Gasteiger partial charge on any atom is -0.372 e. The van der Waals surface area contributed by atoms with Gasteiger partial charge in [-0.25, -0.2) is 4.39 Å². The van der Waals surface area contributed by atoms with E-state index in [1.165, 1.54) is 0 Å². The Hall–Kier alpha value is -1.95. The number of rotatable bonds is 2. The first-order valence-electron chi connectivity index (χ1n) is 6.71. The standard InChI is InChI=1S/C14H15FN4O/c1-7-8-3-10(15)11(19-5-13-12(19)6-20-13)4-9(8)14(16-2)18-17-7/h3-4,12-13H,5-6H2,1-2H3,(H,16,18). The first-order valence-corrected chi connectivity index (χ1v) is 6.71. The Bertz CT molecular complexity index is 705. The number of halogens is 1. The number of fused-ring (bicyclic) bond motifs is 2. The fourth-order valence-electron chi connectivity index (χ4n) is 2.95. The minimum absolute atomic E-state index is 0.207. The van der Waals surface area contributed by atoms with E-state index in [0.29, 0.717) is 24.2 Å². The molecule has 2 saturated heterocycles. The van der Waals surface area contributed by atoms with Crippen LogP contribution in [0, 0.1) is 12.7 Å². The van der Waals surface area contributed by atoms with Crippen LogP contribution in [0.1, 0.15) is 5.69 Å². The summed E-state index contributed by atoms with van der Waals surface area (Å²) < 4.78 is 19.8. The maximum absolute atomic E-state index is 14.4. The average molecular weight is 274 g/mol. The molecule has 20 heavy (non-hydrogen) atoms. The van der Waals surface area contributed by atoms with Crippen LogP contribution < -0.4 is 10.2 Å². The fraction of sp³-hybridized carbons (Fsp3) is 0.429. The van der Waals surface area contributed by atoms with E-state index >= 15 is 0 Å². The number of nitrogens with one attached hydrogen (secondary N) is 1. The number of hydrogen-bond donors (Lipinski definition) is 1. The Morgan fingerprint density at radius 1 is 1.35 bits per heavy atom. The van der Waals surface area contributed by atoms with E-state index in [1.807, 2.05) is 13.0 Å². The molecule has 2 fully saturated rings. The number of aromatic nitrogens is 2. The Morgan fingerprint density at radius 3 is 2.80 bits per heavy atom. The number of aryl methyl sites for hydroxylation is 1. The van der Waals surface area contributed by atoms with Gasteiger partial charge in [0.1, 0.15) is 5.82 Å². The number of ether oxygens (including phenoxy) is 1. The number of anilines is 2. The molecule has 2 unspecified atom stereocenters. The highest BCUT2D eigenvalue weighted by Gasteiger charge is 2.48. The molecule has 0 aliphatic carbocycles. The summed E-state index contributed by atoms with van der Waals surface area (Å²) >= 11 is 0. The van der Waals surface area contributed by atoms with E-state index in [2.05, 4.69) is 20.4 Å². The topological polar surface area (TPSA) is 50.3 Å². The van der Waals surface area contributed by atoms with Gasteiger partial charge in [0.15, 0.2) is 5.82 Å². The molecular formula is C14H15FN4O. The van der Waals surface area contributed by atoms with Crippen molar-refractivity contribution in [1.29, 1.82) is 0 Å². The van der Waals surface area contributed by atoms with Crippen molar-refractivity contribution >= 4 is 22.3 Å². The molecule has 6 heteroatoms. The summed E-state index contributed by atoms with van der Waals surface area (Å²) in [6.45, 7) is 3.29. The first-order chi connectivity index (χ1) is 9.69. The monoisotopic (exact) mass is 274 g/mol. The minimum atomic E-state index is -0.207. The second kappa shape index (κ2) is 4.02. The maximum atomic E-state index is 14.4. The normalized spacial score (nSPS) is 24.1. The summed E-state index contributed by atoms with van der Waals surface area (Å²) in [6.07, 6.45) is 0.283. The fourth-order valence-corrected chi connectivity index (χ4v) is 2.95. The van der Waals surface area contributed by atoms with Gasteiger partial charge in [0.2, 0.25) is 0 Å². The molecule has 1 N–H and O–H groups in total.